The molecule has 0 aliphatic rings. The van der Waals surface area contributed by atoms with Crippen LogP contribution in [0, 0.1) is 0 Å². The van der Waals surface area contributed by atoms with Crippen LogP contribution in [0.1, 0.15) is 0 Å². The Kier molecular flexibility index (Phi) is 7.78. The Labute approximate surface area is 360 Å². The van der Waals surface area contributed by atoms with Crippen molar-refractivity contribution in [1.29, 1.82) is 0 Å². The van der Waals surface area contributed by atoms with Crippen molar-refractivity contribution < 1.29 is 8.83 Å². The molecule has 0 aliphatic carbocycles. The standard InChI is InChI=1S/C58H35NO2S/c1-3-13-37(14-4-1)55-56-49-20-8-7-17-43(49)44-30-25-39(33-50(44)58(56)62-57(55)38-15-5-2-6-16-38)36-23-26-40(27-24-36)59(41-28-31-47-45-18-9-11-21-51(45)60-53(47)34-41)42-29-32-48-46-19-10-12-22-52(46)61-54(48)35-42/h1-35H. The molecule has 0 fully saturated rings. The lowest BCUT2D eigenvalue weighted by molar-refractivity contribution is 0.669. The molecule has 3 nitrogen and oxygen atoms in total. The molecular formula is C58H35NO2S. The van der Waals surface area contributed by atoms with Gasteiger partial charge in [-0.25, -0.2) is 0 Å². The highest BCUT2D eigenvalue weighted by atomic mass is 32.1. The zero-order valence-electron chi connectivity index (χ0n) is 33.4. The van der Waals surface area contributed by atoms with E-state index in [-0.39, 0.29) is 0 Å². The average molecular weight is 810 g/mol. The van der Waals surface area contributed by atoms with Crippen molar-refractivity contribution >= 4 is 104 Å². The molecule has 0 unspecified atom stereocenters. The highest BCUT2D eigenvalue weighted by Gasteiger charge is 2.22. The van der Waals surface area contributed by atoms with E-state index in [0.717, 1.165) is 66.5 Å². The second-order valence-electron chi connectivity index (χ2n) is 16.0. The summed E-state index contributed by atoms with van der Waals surface area (Å²) in [5, 5.41) is 10.8. The highest BCUT2D eigenvalue weighted by molar-refractivity contribution is 7.24. The number of hydrogen-bond acceptors (Lipinski definition) is 4. The fourth-order valence-corrected chi connectivity index (χ4v) is 11.0. The third kappa shape index (κ3) is 5.44. The number of rotatable bonds is 6. The average Bonchev–Trinajstić information content (AvgIpc) is 4.04. The third-order valence-corrected chi connectivity index (χ3v) is 13.7. The minimum absolute atomic E-state index is 0.851. The molecule has 13 aromatic rings. The van der Waals surface area contributed by atoms with Crippen molar-refractivity contribution in [3.8, 4) is 32.7 Å². The summed E-state index contributed by atoms with van der Waals surface area (Å²) in [5.74, 6) is 0. The highest BCUT2D eigenvalue weighted by Crippen LogP contribution is 2.51. The van der Waals surface area contributed by atoms with E-state index >= 15 is 0 Å². The first kappa shape index (κ1) is 34.9. The van der Waals surface area contributed by atoms with Gasteiger partial charge >= 0.3 is 0 Å². The molecule has 13 rings (SSSR count). The van der Waals surface area contributed by atoms with Gasteiger partial charge in [-0.3, -0.25) is 0 Å². The first-order valence-electron chi connectivity index (χ1n) is 21.0. The smallest absolute Gasteiger partial charge is 0.137 e. The van der Waals surface area contributed by atoms with Gasteiger partial charge in [-0.2, -0.15) is 0 Å². The van der Waals surface area contributed by atoms with E-state index in [0.29, 0.717) is 0 Å². The van der Waals surface area contributed by atoms with Crippen LogP contribution in [0.4, 0.5) is 17.1 Å². The van der Waals surface area contributed by atoms with Gasteiger partial charge in [0.1, 0.15) is 22.3 Å². The molecular weight excluding hydrogens is 775 g/mol. The minimum atomic E-state index is 0.851. The molecule has 0 N–H and O–H groups in total. The normalized spacial score (nSPS) is 11.9. The predicted molar refractivity (Wildman–Crippen MR) is 262 cm³/mol. The summed E-state index contributed by atoms with van der Waals surface area (Å²) in [4.78, 5) is 3.59. The molecule has 0 saturated heterocycles. The van der Waals surface area contributed by atoms with Crippen LogP contribution in [0.5, 0.6) is 0 Å². The molecule has 62 heavy (non-hydrogen) atoms. The number of furan rings is 2. The number of para-hydroxylation sites is 2. The summed E-state index contributed by atoms with van der Waals surface area (Å²) in [6.45, 7) is 0. The monoisotopic (exact) mass is 809 g/mol. The molecule has 290 valence electrons. The number of thiophene rings is 1. The lowest BCUT2D eigenvalue weighted by Gasteiger charge is -2.25. The van der Waals surface area contributed by atoms with E-state index in [9.17, 15) is 0 Å². The second-order valence-corrected chi connectivity index (χ2v) is 17.0. The second kappa shape index (κ2) is 13.8. The summed E-state index contributed by atoms with van der Waals surface area (Å²) < 4.78 is 14.1. The quantitative estimate of drug-likeness (QED) is 0.157. The van der Waals surface area contributed by atoms with Crippen LogP contribution >= 0.6 is 11.3 Å². The third-order valence-electron chi connectivity index (χ3n) is 12.5. The molecule has 0 saturated carbocycles. The van der Waals surface area contributed by atoms with Gasteiger partial charge in [0.2, 0.25) is 0 Å². The molecule has 3 aromatic heterocycles. The van der Waals surface area contributed by atoms with Gasteiger partial charge in [-0.05, 0) is 93.0 Å². The van der Waals surface area contributed by atoms with Crippen LogP contribution in [0.15, 0.2) is 221 Å². The maximum absolute atomic E-state index is 6.41. The molecule has 0 spiro atoms. The number of nitrogens with zero attached hydrogens (tertiary/aromatic N) is 1. The van der Waals surface area contributed by atoms with E-state index in [2.05, 4.69) is 193 Å². The lowest BCUT2D eigenvalue weighted by atomic mass is 9.91. The minimum Gasteiger partial charge on any atom is -0.456 e. The summed E-state index contributed by atoms with van der Waals surface area (Å²) in [6, 6.07) is 76.1. The largest absolute Gasteiger partial charge is 0.456 e. The maximum Gasteiger partial charge on any atom is 0.137 e. The van der Waals surface area contributed by atoms with E-state index in [1.54, 1.807) is 0 Å². The zero-order chi connectivity index (χ0) is 40.7. The van der Waals surface area contributed by atoms with Crippen LogP contribution in [-0.4, -0.2) is 0 Å². The maximum atomic E-state index is 6.41. The fourth-order valence-electron chi connectivity index (χ4n) is 9.59. The molecule has 10 aromatic carbocycles. The fraction of sp³-hybridized carbons (Fsp3) is 0. The summed E-state index contributed by atoms with van der Waals surface area (Å²) in [5.41, 5.74) is 12.6. The number of benzene rings is 10. The lowest BCUT2D eigenvalue weighted by Crippen LogP contribution is -2.09. The van der Waals surface area contributed by atoms with Gasteiger partial charge in [0.15, 0.2) is 0 Å². The van der Waals surface area contributed by atoms with E-state index in [4.69, 9.17) is 8.83 Å². The first-order chi connectivity index (χ1) is 30.7. The van der Waals surface area contributed by atoms with E-state index < -0.39 is 0 Å². The number of fused-ring (bicyclic) bond motifs is 12. The Morgan fingerprint density at radius 1 is 0.306 bits per heavy atom. The molecule has 0 aliphatic heterocycles. The van der Waals surface area contributed by atoms with Crippen LogP contribution in [0.2, 0.25) is 0 Å². The zero-order valence-corrected chi connectivity index (χ0v) is 34.2. The van der Waals surface area contributed by atoms with Crippen LogP contribution < -0.4 is 4.90 Å². The predicted octanol–water partition coefficient (Wildman–Crippen LogP) is 17.5. The molecule has 4 heteroatoms. The van der Waals surface area contributed by atoms with E-state index in [1.165, 1.54) is 58.8 Å². The van der Waals surface area contributed by atoms with Crippen molar-refractivity contribution in [3.63, 3.8) is 0 Å². The van der Waals surface area contributed by atoms with Crippen LogP contribution in [-0.2, 0) is 0 Å². The summed E-state index contributed by atoms with van der Waals surface area (Å²) in [7, 11) is 0. The Hall–Kier alpha value is -7.92. The molecule has 0 atom stereocenters. The van der Waals surface area contributed by atoms with Crippen molar-refractivity contribution in [3.05, 3.63) is 212 Å². The van der Waals surface area contributed by atoms with Crippen LogP contribution in [0.25, 0.3) is 108 Å². The Balaban J connectivity index is 0.976. The Morgan fingerprint density at radius 2 is 0.774 bits per heavy atom. The molecule has 0 radical (unpaired) electrons. The summed E-state index contributed by atoms with van der Waals surface area (Å²) >= 11 is 1.90. The SMILES string of the molecule is c1ccc(-c2sc3c4cc(-c5ccc(N(c6ccc7c(c6)oc6ccccc67)c6ccc7c(c6)oc6ccccc67)cc5)ccc4c4ccccc4c3c2-c2ccccc2)cc1. The number of anilines is 3. The van der Waals surface area contributed by atoms with Gasteiger partial charge in [0.25, 0.3) is 0 Å². The van der Waals surface area contributed by atoms with Crippen molar-refractivity contribution in [1.82, 2.24) is 0 Å². The summed E-state index contributed by atoms with van der Waals surface area (Å²) in [6.07, 6.45) is 0. The van der Waals surface area contributed by atoms with Gasteiger partial charge < -0.3 is 13.7 Å². The molecule has 0 amide bonds. The molecule has 3 heterocycles. The van der Waals surface area contributed by atoms with Crippen molar-refractivity contribution in [2.75, 3.05) is 4.90 Å². The van der Waals surface area contributed by atoms with Gasteiger partial charge in [-0.1, -0.05) is 146 Å². The van der Waals surface area contributed by atoms with Gasteiger partial charge in [0.05, 0.1) is 0 Å². The van der Waals surface area contributed by atoms with Gasteiger partial charge in [0, 0.05) is 76.7 Å². The van der Waals surface area contributed by atoms with Crippen molar-refractivity contribution in [2.45, 2.75) is 0 Å². The van der Waals surface area contributed by atoms with Gasteiger partial charge in [-0.15, -0.1) is 11.3 Å². The molecule has 0 bridgehead atoms. The van der Waals surface area contributed by atoms with Crippen molar-refractivity contribution in [2.24, 2.45) is 0 Å². The first-order valence-corrected chi connectivity index (χ1v) is 21.8. The van der Waals surface area contributed by atoms with Crippen LogP contribution in [0.3, 0.4) is 0 Å². The Bertz CT molecular complexity index is 3750. The van der Waals surface area contributed by atoms with E-state index in [1.807, 2.05) is 35.6 Å². The number of hydrogen-bond donors (Lipinski definition) is 0. The Morgan fingerprint density at radius 3 is 1.40 bits per heavy atom. The topological polar surface area (TPSA) is 29.5 Å².